The molecule has 3 rings (SSSR count). The van der Waals surface area contributed by atoms with E-state index in [4.69, 9.17) is 10.5 Å². The lowest BCUT2D eigenvalue weighted by Crippen LogP contribution is -2.22. The topological polar surface area (TPSA) is 103 Å². The summed E-state index contributed by atoms with van der Waals surface area (Å²) >= 11 is 0. The summed E-state index contributed by atoms with van der Waals surface area (Å²) < 4.78 is 20.8. The maximum atomic E-state index is 13.7. The van der Waals surface area contributed by atoms with E-state index in [9.17, 15) is 18.8 Å². The van der Waals surface area contributed by atoms with Crippen LogP contribution in [-0.4, -0.2) is 16.4 Å². The molecule has 0 atom stereocenters. The smallest absolute Gasteiger partial charge is 0.248 e. The molecule has 0 aliphatic carbocycles. The number of nitrogens with one attached hydrogen (secondary N) is 1. The van der Waals surface area contributed by atoms with Gasteiger partial charge in [-0.05, 0) is 37.3 Å². The zero-order chi connectivity index (χ0) is 21.7. The van der Waals surface area contributed by atoms with Crippen LogP contribution in [0.5, 0.6) is 5.75 Å². The van der Waals surface area contributed by atoms with Gasteiger partial charge in [0.05, 0.1) is 6.20 Å². The number of hydrogen-bond acceptors (Lipinski definition) is 4. The second kappa shape index (κ2) is 9.04. The van der Waals surface area contributed by atoms with Crippen LogP contribution in [0.1, 0.15) is 21.6 Å². The van der Waals surface area contributed by atoms with Crippen LogP contribution in [0, 0.1) is 12.7 Å². The Labute approximate surface area is 171 Å². The molecule has 0 fully saturated rings. The van der Waals surface area contributed by atoms with Gasteiger partial charge in [0, 0.05) is 28.6 Å². The van der Waals surface area contributed by atoms with Crippen LogP contribution in [-0.2, 0) is 17.9 Å². The van der Waals surface area contributed by atoms with E-state index >= 15 is 0 Å². The molecule has 0 spiro atoms. The Kier molecular flexibility index (Phi) is 6.26. The molecule has 0 saturated carbocycles. The standard InChI is InChI=1S/C22H20FN3O4/c1-14-10-19(27)20(30-13-16-4-2-3-5-18(16)23)11-26(14)12-21(28)25-17-8-6-15(7-9-17)22(24)29/h2-11H,12-13H2,1H3,(H2,24,29)(H,25,28). The molecule has 1 heterocycles. The molecule has 0 saturated heterocycles. The molecule has 0 unspecified atom stereocenters. The molecule has 30 heavy (non-hydrogen) atoms. The number of rotatable bonds is 7. The number of benzene rings is 2. The first-order chi connectivity index (χ1) is 14.3. The van der Waals surface area contributed by atoms with Gasteiger partial charge in [0.15, 0.2) is 5.75 Å². The lowest BCUT2D eigenvalue weighted by atomic mass is 10.2. The lowest BCUT2D eigenvalue weighted by molar-refractivity contribution is -0.116. The summed E-state index contributed by atoms with van der Waals surface area (Å²) in [5, 5.41) is 2.70. The van der Waals surface area contributed by atoms with Gasteiger partial charge in [0.2, 0.25) is 17.2 Å². The molecule has 2 aromatic carbocycles. The number of nitrogens with zero attached hydrogens (tertiary/aromatic N) is 1. The Morgan fingerprint density at radius 1 is 1.13 bits per heavy atom. The molecule has 7 nitrogen and oxygen atoms in total. The number of primary amides is 1. The predicted molar refractivity (Wildman–Crippen MR) is 110 cm³/mol. The highest BCUT2D eigenvalue weighted by molar-refractivity contribution is 5.94. The van der Waals surface area contributed by atoms with Crippen LogP contribution in [0.3, 0.4) is 0 Å². The van der Waals surface area contributed by atoms with Gasteiger partial charge in [0.1, 0.15) is 19.0 Å². The van der Waals surface area contributed by atoms with E-state index in [1.165, 1.54) is 30.5 Å². The second-order valence-corrected chi connectivity index (χ2v) is 6.64. The maximum absolute atomic E-state index is 13.7. The monoisotopic (exact) mass is 409 g/mol. The molecular weight excluding hydrogens is 389 g/mol. The van der Waals surface area contributed by atoms with Crippen molar-refractivity contribution in [3.8, 4) is 5.75 Å². The Morgan fingerprint density at radius 2 is 1.83 bits per heavy atom. The highest BCUT2D eigenvalue weighted by Crippen LogP contribution is 2.13. The maximum Gasteiger partial charge on any atom is 0.248 e. The number of anilines is 1. The Hall–Kier alpha value is -3.94. The summed E-state index contributed by atoms with van der Waals surface area (Å²) in [5.74, 6) is -1.30. The third-order valence-electron chi connectivity index (χ3n) is 4.42. The van der Waals surface area contributed by atoms with E-state index in [2.05, 4.69) is 5.32 Å². The molecule has 8 heteroatoms. The summed E-state index contributed by atoms with van der Waals surface area (Å²) in [6, 6.07) is 13.6. The molecule has 3 aromatic rings. The van der Waals surface area contributed by atoms with Gasteiger partial charge in [-0.15, -0.1) is 0 Å². The summed E-state index contributed by atoms with van der Waals surface area (Å²) in [7, 11) is 0. The van der Waals surface area contributed by atoms with Gasteiger partial charge in [-0.3, -0.25) is 14.4 Å². The summed E-state index contributed by atoms with van der Waals surface area (Å²) in [6.07, 6.45) is 1.42. The number of aromatic nitrogens is 1. The van der Waals surface area contributed by atoms with Crippen LogP contribution in [0.15, 0.2) is 65.6 Å². The van der Waals surface area contributed by atoms with Gasteiger partial charge >= 0.3 is 0 Å². The average molecular weight is 409 g/mol. The fourth-order valence-corrected chi connectivity index (χ4v) is 2.77. The van der Waals surface area contributed by atoms with Crippen molar-refractivity contribution in [3.05, 3.63) is 93.7 Å². The van der Waals surface area contributed by atoms with Gasteiger partial charge in [-0.2, -0.15) is 0 Å². The van der Waals surface area contributed by atoms with Crippen LogP contribution in [0.2, 0.25) is 0 Å². The summed E-state index contributed by atoms with van der Waals surface area (Å²) in [6.45, 7) is 1.51. The zero-order valence-corrected chi connectivity index (χ0v) is 16.2. The van der Waals surface area contributed by atoms with E-state index in [0.717, 1.165) is 0 Å². The quantitative estimate of drug-likeness (QED) is 0.626. The van der Waals surface area contributed by atoms with Crippen LogP contribution in [0.25, 0.3) is 0 Å². The van der Waals surface area contributed by atoms with Crippen molar-refractivity contribution < 1.29 is 18.7 Å². The Balaban J connectivity index is 1.70. The van der Waals surface area contributed by atoms with Crippen molar-refractivity contribution in [2.75, 3.05) is 5.32 Å². The molecular formula is C22H20FN3O4. The predicted octanol–water partition coefficient (Wildman–Crippen LogP) is 2.61. The van der Waals surface area contributed by atoms with Crippen molar-refractivity contribution in [1.29, 1.82) is 0 Å². The van der Waals surface area contributed by atoms with Gasteiger partial charge in [-0.25, -0.2) is 4.39 Å². The summed E-state index contributed by atoms with van der Waals surface area (Å²) in [5.41, 5.74) is 6.56. The van der Waals surface area contributed by atoms with Gasteiger partial charge in [-0.1, -0.05) is 18.2 Å². The lowest BCUT2D eigenvalue weighted by Gasteiger charge is -2.14. The number of pyridine rings is 1. The fraction of sp³-hybridized carbons (Fsp3) is 0.136. The van der Waals surface area contributed by atoms with Crippen molar-refractivity contribution in [2.45, 2.75) is 20.1 Å². The van der Waals surface area contributed by atoms with Crippen molar-refractivity contribution in [3.63, 3.8) is 0 Å². The van der Waals surface area contributed by atoms with E-state index in [0.29, 0.717) is 22.5 Å². The largest absolute Gasteiger partial charge is 0.483 e. The fourth-order valence-electron chi connectivity index (χ4n) is 2.77. The highest BCUT2D eigenvalue weighted by Gasteiger charge is 2.11. The minimum Gasteiger partial charge on any atom is -0.483 e. The van der Waals surface area contributed by atoms with Crippen molar-refractivity contribution in [2.24, 2.45) is 5.73 Å². The number of amides is 2. The van der Waals surface area contributed by atoms with Gasteiger partial charge in [0.25, 0.3) is 0 Å². The van der Waals surface area contributed by atoms with Crippen LogP contribution in [0.4, 0.5) is 10.1 Å². The number of carbonyl (C=O) groups is 2. The molecule has 0 aliphatic heterocycles. The zero-order valence-electron chi connectivity index (χ0n) is 16.2. The molecule has 0 radical (unpaired) electrons. The Morgan fingerprint density at radius 3 is 2.50 bits per heavy atom. The molecule has 154 valence electrons. The van der Waals surface area contributed by atoms with E-state index in [1.807, 2.05) is 0 Å². The van der Waals surface area contributed by atoms with Gasteiger partial charge < -0.3 is 20.4 Å². The van der Waals surface area contributed by atoms with Crippen molar-refractivity contribution in [1.82, 2.24) is 4.57 Å². The second-order valence-electron chi connectivity index (χ2n) is 6.64. The van der Waals surface area contributed by atoms with Crippen molar-refractivity contribution >= 4 is 17.5 Å². The number of aryl methyl sites for hydroxylation is 1. The molecule has 1 aromatic heterocycles. The number of nitrogens with two attached hydrogens (primary N) is 1. The van der Waals surface area contributed by atoms with E-state index in [1.54, 1.807) is 41.8 Å². The third-order valence-corrected chi connectivity index (χ3v) is 4.42. The first-order valence-electron chi connectivity index (χ1n) is 9.10. The SMILES string of the molecule is Cc1cc(=O)c(OCc2ccccc2F)cn1CC(=O)Nc1ccc(C(N)=O)cc1. The summed E-state index contributed by atoms with van der Waals surface area (Å²) in [4.78, 5) is 35.7. The minimum atomic E-state index is -0.556. The molecule has 2 amide bonds. The molecule has 0 aliphatic rings. The first-order valence-corrected chi connectivity index (χ1v) is 9.10. The van der Waals surface area contributed by atoms with Crippen LogP contribution < -0.4 is 21.2 Å². The van der Waals surface area contributed by atoms with E-state index in [-0.39, 0.29) is 30.2 Å². The number of halogens is 1. The third kappa shape index (κ3) is 5.11. The minimum absolute atomic E-state index is 0.0162. The van der Waals surface area contributed by atoms with Crippen LogP contribution >= 0.6 is 0 Å². The number of hydrogen-bond donors (Lipinski definition) is 2. The molecule has 3 N–H and O–H groups in total. The normalized spacial score (nSPS) is 10.5. The van der Waals surface area contributed by atoms with E-state index < -0.39 is 11.7 Å². The average Bonchev–Trinajstić information content (AvgIpc) is 2.70. The Bertz CT molecular complexity index is 1140. The number of carbonyl (C=O) groups excluding carboxylic acids is 2. The molecule has 0 bridgehead atoms. The number of ether oxygens (including phenoxy) is 1. The first kappa shape index (κ1) is 20.8. The highest BCUT2D eigenvalue weighted by atomic mass is 19.1.